The molecule has 3 N–H and O–H groups in total. The maximum atomic E-state index is 14.1. The third-order valence-corrected chi connectivity index (χ3v) is 7.65. The third kappa shape index (κ3) is 4.31. The van der Waals surface area contributed by atoms with E-state index in [0.29, 0.717) is 25.0 Å². The molecule has 2 aromatic heterocycles. The number of nitrogens with zero attached hydrogens (tertiary/aromatic N) is 3. The fourth-order valence-electron chi connectivity index (χ4n) is 5.69. The number of rotatable bonds is 4. The second-order valence-corrected chi connectivity index (χ2v) is 11.4. The van der Waals surface area contributed by atoms with Crippen molar-refractivity contribution >= 4 is 39.7 Å². The number of para-hydroxylation sites is 2. The minimum atomic E-state index is -0.878. The molecule has 11 heteroatoms. The summed E-state index contributed by atoms with van der Waals surface area (Å²) < 4.78 is 27.8. The summed E-state index contributed by atoms with van der Waals surface area (Å²) in [5, 5.41) is 3.03. The summed E-state index contributed by atoms with van der Waals surface area (Å²) in [5.74, 6) is -2.31. The van der Waals surface area contributed by atoms with E-state index >= 15 is 0 Å². The molecule has 202 valence electrons. The van der Waals surface area contributed by atoms with Gasteiger partial charge < -0.3 is 25.1 Å². The first kappa shape index (κ1) is 25.0. The zero-order valence-electron chi connectivity index (χ0n) is 21.7. The van der Waals surface area contributed by atoms with Gasteiger partial charge in [0.05, 0.1) is 28.6 Å². The van der Waals surface area contributed by atoms with Gasteiger partial charge in [-0.15, -0.1) is 0 Å². The van der Waals surface area contributed by atoms with Gasteiger partial charge in [-0.2, -0.15) is 0 Å². The number of carbonyl (C=O) groups is 3. The van der Waals surface area contributed by atoms with Crippen LogP contribution in [0.15, 0.2) is 42.5 Å². The molecule has 0 saturated carbocycles. The summed E-state index contributed by atoms with van der Waals surface area (Å²) in [7, 11) is 0. The minimum Gasteiger partial charge on any atom is -0.348 e. The molecule has 3 amide bonds. The Labute approximate surface area is 222 Å². The Morgan fingerprint density at radius 3 is 2.44 bits per heavy atom. The van der Waals surface area contributed by atoms with Crippen LogP contribution in [0.25, 0.3) is 21.9 Å². The van der Waals surface area contributed by atoms with Crippen LogP contribution in [-0.2, 0) is 4.79 Å². The number of H-pyrrole nitrogens is 2. The quantitative estimate of drug-likeness (QED) is 0.371. The highest BCUT2D eigenvalue weighted by Gasteiger charge is 2.50. The largest absolute Gasteiger partial charge is 0.348 e. The van der Waals surface area contributed by atoms with E-state index in [9.17, 15) is 23.2 Å². The summed E-state index contributed by atoms with van der Waals surface area (Å²) >= 11 is 0. The van der Waals surface area contributed by atoms with Crippen LogP contribution in [0.4, 0.5) is 8.78 Å². The molecule has 2 fully saturated rings. The summed E-state index contributed by atoms with van der Waals surface area (Å²) in [5.41, 5.74) is 0.914. The number of carbonyl (C=O) groups excluding carboxylic acids is 3. The van der Waals surface area contributed by atoms with Gasteiger partial charge >= 0.3 is 0 Å². The van der Waals surface area contributed by atoms with Crippen molar-refractivity contribution in [1.29, 1.82) is 0 Å². The van der Waals surface area contributed by atoms with Crippen molar-refractivity contribution in [3.8, 4) is 0 Å². The topological polar surface area (TPSA) is 114 Å². The van der Waals surface area contributed by atoms with Crippen molar-refractivity contribution in [2.24, 2.45) is 5.41 Å². The summed E-state index contributed by atoms with van der Waals surface area (Å²) in [6, 6.07) is 9.47. The lowest BCUT2D eigenvalue weighted by Gasteiger charge is -2.39. The SMILES string of the molecule is CC(C)(C)[C@H](NC(=O)c1cc2cc(F)cc(F)c2[nH]1)C(=O)N1C[C@@H]2C[C@H]1CN2C(=O)c1nc2ccccc2[nH]1. The first-order chi connectivity index (χ1) is 18.5. The molecule has 2 aromatic carbocycles. The van der Waals surface area contributed by atoms with Crippen molar-refractivity contribution in [3.05, 3.63) is 65.6 Å². The minimum absolute atomic E-state index is 0.0197. The van der Waals surface area contributed by atoms with Gasteiger partial charge in [-0.25, -0.2) is 13.8 Å². The van der Waals surface area contributed by atoms with E-state index in [4.69, 9.17) is 0 Å². The summed E-state index contributed by atoms with van der Waals surface area (Å²) in [6.45, 7) is 6.28. The van der Waals surface area contributed by atoms with E-state index in [1.54, 1.807) is 9.80 Å². The zero-order chi connectivity index (χ0) is 27.6. The monoisotopic (exact) mass is 534 g/mol. The van der Waals surface area contributed by atoms with Gasteiger partial charge in [0, 0.05) is 24.5 Å². The van der Waals surface area contributed by atoms with E-state index in [-0.39, 0.29) is 46.3 Å². The van der Waals surface area contributed by atoms with E-state index in [1.807, 2.05) is 45.0 Å². The molecule has 0 aliphatic carbocycles. The molecule has 2 bridgehead atoms. The number of imidazole rings is 1. The van der Waals surface area contributed by atoms with Crippen LogP contribution in [0, 0.1) is 17.0 Å². The van der Waals surface area contributed by atoms with E-state index < -0.39 is 29.0 Å². The first-order valence-electron chi connectivity index (χ1n) is 12.8. The average molecular weight is 535 g/mol. The molecule has 2 saturated heterocycles. The molecule has 0 unspecified atom stereocenters. The lowest BCUT2D eigenvalue weighted by atomic mass is 9.85. The Hall–Kier alpha value is -4.28. The maximum absolute atomic E-state index is 14.1. The van der Waals surface area contributed by atoms with E-state index in [1.165, 1.54) is 6.07 Å². The Kier molecular flexibility index (Phi) is 5.70. The maximum Gasteiger partial charge on any atom is 0.290 e. The van der Waals surface area contributed by atoms with Crippen LogP contribution in [0.2, 0.25) is 0 Å². The Morgan fingerprint density at radius 2 is 1.74 bits per heavy atom. The van der Waals surface area contributed by atoms with Crippen molar-refractivity contribution < 1.29 is 23.2 Å². The number of hydrogen-bond donors (Lipinski definition) is 3. The first-order valence-corrected chi connectivity index (χ1v) is 12.8. The lowest BCUT2D eigenvalue weighted by Crippen LogP contribution is -2.59. The second-order valence-electron chi connectivity index (χ2n) is 11.4. The predicted octanol–water partition coefficient (Wildman–Crippen LogP) is 3.59. The van der Waals surface area contributed by atoms with Gasteiger partial charge in [-0.1, -0.05) is 32.9 Å². The van der Waals surface area contributed by atoms with Gasteiger partial charge in [-0.3, -0.25) is 14.4 Å². The fraction of sp³-hybridized carbons (Fsp3) is 0.357. The smallest absolute Gasteiger partial charge is 0.290 e. The lowest BCUT2D eigenvalue weighted by molar-refractivity contribution is -0.138. The number of halogens is 2. The Bertz CT molecular complexity index is 1600. The molecular weight excluding hydrogens is 506 g/mol. The number of aromatic nitrogens is 3. The number of benzene rings is 2. The molecule has 39 heavy (non-hydrogen) atoms. The standard InChI is InChI=1S/C28H28F2N6O3/c1-28(2,3)23(34-25(37)21-9-14-8-15(29)10-18(30)22(14)31-21)26(38)35-12-17-11-16(35)13-36(17)27(39)24-32-19-6-4-5-7-20(19)33-24/h4-10,16-17,23,31H,11-13H2,1-3H3,(H,32,33)(H,34,37)/t16-,17-,23+/m0/s1. The molecule has 2 aliphatic rings. The molecule has 9 nitrogen and oxygen atoms in total. The number of piperazine rings is 1. The highest BCUT2D eigenvalue weighted by Crippen LogP contribution is 2.34. The fourth-order valence-corrected chi connectivity index (χ4v) is 5.69. The normalized spacial score (nSPS) is 19.7. The molecule has 3 atom stereocenters. The van der Waals surface area contributed by atoms with Crippen LogP contribution in [0.1, 0.15) is 48.3 Å². The predicted molar refractivity (Wildman–Crippen MR) is 140 cm³/mol. The highest BCUT2D eigenvalue weighted by molar-refractivity contribution is 6.01. The van der Waals surface area contributed by atoms with Crippen LogP contribution < -0.4 is 5.32 Å². The van der Waals surface area contributed by atoms with Gasteiger partial charge in [0.2, 0.25) is 5.91 Å². The van der Waals surface area contributed by atoms with Gasteiger partial charge in [0.15, 0.2) is 5.82 Å². The van der Waals surface area contributed by atoms with Crippen molar-refractivity contribution in [2.75, 3.05) is 13.1 Å². The summed E-state index contributed by atoms with van der Waals surface area (Å²) in [6.07, 6.45) is 0.648. The number of aromatic amines is 2. The third-order valence-electron chi connectivity index (χ3n) is 7.65. The van der Waals surface area contributed by atoms with Crippen LogP contribution in [0.5, 0.6) is 0 Å². The molecular formula is C28H28F2N6O3. The highest BCUT2D eigenvalue weighted by atomic mass is 19.1. The van der Waals surface area contributed by atoms with Gasteiger partial charge in [0.25, 0.3) is 11.8 Å². The molecule has 0 spiro atoms. The molecule has 4 heterocycles. The number of fused-ring (bicyclic) bond motifs is 4. The van der Waals surface area contributed by atoms with Crippen LogP contribution in [0.3, 0.4) is 0 Å². The number of amides is 3. The Morgan fingerprint density at radius 1 is 1.03 bits per heavy atom. The van der Waals surface area contributed by atoms with Gasteiger partial charge in [-0.05, 0) is 36.1 Å². The van der Waals surface area contributed by atoms with E-state index in [2.05, 4.69) is 20.3 Å². The number of likely N-dealkylation sites (tertiary alicyclic amines) is 2. The Balaban J connectivity index is 1.17. The van der Waals surface area contributed by atoms with Crippen molar-refractivity contribution in [3.63, 3.8) is 0 Å². The van der Waals surface area contributed by atoms with Crippen LogP contribution >= 0.6 is 0 Å². The van der Waals surface area contributed by atoms with Gasteiger partial charge in [0.1, 0.15) is 23.4 Å². The molecule has 2 aliphatic heterocycles. The second kappa shape index (κ2) is 8.89. The van der Waals surface area contributed by atoms with Crippen molar-refractivity contribution in [2.45, 2.75) is 45.3 Å². The van der Waals surface area contributed by atoms with Crippen LogP contribution in [-0.4, -0.2) is 73.7 Å². The molecule has 0 radical (unpaired) electrons. The summed E-state index contributed by atoms with van der Waals surface area (Å²) in [4.78, 5) is 53.8. The average Bonchev–Trinajstić information content (AvgIpc) is 3.67. The zero-order valence-corrected chi connectivity index (χ0v) is 21.7. The molecule has 6 rings (SSSR count). The number of hydrogen-bond acceptors (Lipinski definition) is 4. The molecule has 4 aromatic rings. The number of nitrogens with one attached hydrogen (secondary N) is 3. The van der Waals surface area contributed by atoms with Crippen molar-refractivity contribution in [1.82, 2.24) is 30.1 Å². The van der Waals surface area contributed by atoms with E-state index in [0.717, 1.165) is 17.6 Å².